The van der Waals surface area contributed by atoms with E-state index in [1.165, 1.54) is 23.5 Å². The average molecular weight is 509 g/mol. The van der Waals surface area contributed by atoms with Crippen LogP contribution in [-0.4, -0.2) is 16.3 Å². The van der Waals surface area contributed by atoms with E-state index in [0.29, 0.717) is 34.5 Å². The zero-order valence-corrected chi connectivity index (χ0v) is 20.6. The maximum atomic E-state index is 13.9. The van der Waals surface area contributed by atoms with E-state index in [0.717, 1.165) is 21.3 Å². The van der Waals surface area contributed by atoms with E-state index in [1.54, 1.807) is 24.3 Å². The predicted molar refractivity (Wildman–Crippen MR) is 144 cm³/mol. The number of anilines is 1. The highest BCUT2D eigenvalue weighted by molar-refractivity contribution is 7.17. The second kappa shape index (κ2) is 9.19. The Bertz CT molecular complexity index is 1790. The molecule has 5 nitrogen and oxygen atoms in total. The molecule has 0 saturated carbocycles. The summed E-state index contributed by atoms with van der Waals surface area (Å²) in [6.07, 6.45) is 0. The van der Waals surface area contributed by atoms with Gasteiger partial charge in [0.1, 0.15) is 17.1 Å². The third-order valence-electron chi connectivity index (χ3n) is 6.34. The van der Waals surface area contributed by atoms with Crippen LogP contribution in [-0.2, 0) is 6.54 Å². The van der Waals surface area contributed by atoms with Crippen LogP contribution in [0.15, 0.2) is 94.7 Å². The summed E-state index contributed by atoms with van der Waals surface area (Å²) in [6, 6.07) is 24.5. The summed E-state index contributed by atoms with van der Waals surface area (Å²) >= 11 is 1.52. The van der Waals surface area contributed by atoms with E-state index in [9.17, 15) is 14.0 Å². The number of aryl methyl sites for hydroxylation is 1. The normalized spacial score (nSPS) is 11.3. The third-order valence-corrected chi connectivity index (χ3v) is 7.19. The molecular weight excluding hydrogens is 487 g/mol. The number of halogens is 1. The molecule has 0 atom stereocenters. The SMILES string of the molecule is Cc1ccc(C(=O)c2oc3ccccc3c2NC(=O)c2cc3sccc3n2Cc2cccc(F)c2)cc1. The molecule has 0 aliphatic heterocycles. The second-order valence-electron chi connectivity index (χ2n) is 8.87. The number of hydrogen-bond donors (Lipinski definition) is 1. The monoisotopic (exact) mass is 508 g/mol. The average Bonchev–Trinajstić information content (AvgIpc) is 3.59. The van der Waals surface area contributed by atoms with Gasteiger partial charge in [-0.2, -0.15) is 0 Å². The first-order valence-electron chi connectivity index (χ1n) is 11.7. The molecular formula is C30H21FN2O3S. The first-order valence-corrected chi connectivity index (χ1v) is 12.6. The molecule has 37 heavy (non-hydrogen) atoms. The topological polar surface area (TPSA) is 64.2 Å². The Morgan fingerprint density at radius 1 is 0.973 bits per heavy atom. The van der Waals surface area contributed by atoms with E-state index in [-0.39, 0.29) is 23.3 Å². The lowest BCUT2D eigenvalue weighted by Crippen LogP contribution is -2.19. The van der Waals surface area contributed by atoms with Gasteiger partial charge in [0.25, 0.3) is 5.91 Å². The smallest absolute Gasteiger partial charge is 0.272 e. The lowest BCUT2D eigenvalue weighted by atomic mass is 10.1. The first kappa shape index (κ1) is 22.9. The zero-order valence-electron chi connectivity index (χ0n) is 19.8. The number of furan rings is 1. The van der Waals surface area contributed by atoms with Gasteiger partial charge >= 0.3 is 0 Å². The molecule has 1 N–H and O–H groups in total. The molecule has 1 amide bonds. The van der Waals surface area contributed by atoms with Crippen LogP contribution in [0.5, 0.6) is 0 Å². The molecule has 0 unspecified atom stereocenters. The van der Waals surface area contributed by atoms with Gasteiger partial charge in [0.05, 0.1) is 15.9 Å². The summed E-state index contributed by atoms with van der Waals surface area (Å²) in [5.41, 5.74) is 4.36. The number of rotatable bonds is 6. The third kappa shape index (κ3) is 4.23. The van der Waals surface area contributed by atoms with Gasteiger partial charge in [-0.3, -0.25) is 9.59 Å². The van der Waals surface area contributed by atoms with Gasteiger partial charge in [-0.25, -0.2) is 4.39 Å². The summed E-state index contributed by atoms with van der Waals surface area (Å²) < 4.78 is 22.6. The number of nitrogens with zero attached hydrogens (tertiary/aromatic N) is 1. The Kier molecular flexibility index (Phi) is 5.70. The maximum absolute atomic E-state index is 13.9. The van der Waals surface area contributed by atoms with Crippen molar-refractivity contribution >= 4 is 49.9 Å². The number of hydrogen-bond acceptors (Lipinski definition) is 4. The number of ketones is 1. The fourth-order valence-corrected chi connectivity index (χ4v) is 5.32. The quantitative estimate of drug-likeness (QED) is 0.238. The van der Waals surface area contributed by atoms with Crippen LogP contribution >= 0.6 is 11.3 Å². The fraction of sp³-hybridized carbons (Fsp3) is 0.0667. The van der Waals surface area contributed by atoms with Crippen molar-refractivity contribution in [3.8, 4) is 0 Å². The highest BCUT2D eigenvalue weighted by atomic mass is 32.1. The lowest BCUT2D eigenvalue weighted by molar-refractivity contribution is 0.101. The van der Waals surface area contributed by atoms with Gasteiger partial charge < -0.3 is 14.3 Å². The minimum atomic E-state index is -0.385. The van der Waals surface area contributed by atoms with Crippen LogP contribution in [0.4, 0.5) is 10.1 Å². The molecule has 0 fully saturated rings. The van der Waals surface area contributed by atoms with E-state index < -0.39 is 0 Å². The molecule has 0 aliphatic carbocycles. The fourth-order valence-electron chi connectivity index (χ4n) is 4.50. The Balaban J connectivity index is 1.41. The molecule has 0 radical (unpaired) electrons. The van der Waals surface area contributed by atoms with Gasteiger partial charge in [-0.15, -0.1) is 11.3 Å². The standard InChI is InChI=1S/C30H21FN2O3S/c1-18-9-11-20(12-10-18)28(34)29-27(22-7-2-3-8-25(22)36-29)32-30(35)24-16-26-23(13-14-37-26)33(24)17-19-5-4-6-21(31)15-19/h2-16H,17H2,1H3,(H,32,35). The zero-order chi connectivity index (χ0) is 25.5. The van der Waals surface area contributed by atoms with Crippen LogP contribution < -0.4 is 5.32 Å². The molecule has 7 heteroatoms. The summed E-state index contributed by atoms with van der Waals surface area (Å²) in [6.45, 7) is 2.27. The summed E-state index contributed by atoms with van der Waals surface area (Å²) in [5.74, 6) is -0.961. The molecule has 0 aliphatic rings. The van der Waals surface area contributed by atoms with E-state index in [2.05, 4.69) is 5.32 Å². The maximum Gasteiger partial charge on any atom is 0.272 e. The van der Waals surface area contributed by atoms with Crippen LogP contribution in [0.3, 0.4) is 0 Å². The van der Waals surface area contributed by atoms with Gasteiger partial charge in [-0.05, 0) is 54.3 Å². The minimum absolute atomic E-state index is 0.0726. The van der Waals surface area contributed by atoms with Crippen molar-refractivity contribution in [2.45, 2.75) is 13.5 Å². The second-order valence-corrected chi connectivity index (χ2v) is 9.82. The molecule has 6 aromatic rings. The first-order chi connectivity index (χ1) is 18.0. The highest BCUT2D eigenvalue weighted by Crippen LogP contribution is 2.34. The largest absolute Gasteiger partial charge is 0.450 e. The summed E-state index contributed by atoms with van der Waals surface area (Å²) in [5, 5.41) is 5.55. The molecule has 6 rings (SSSR count). The molecule has 3 aromatic carbocycles. The van der Waals surface area contributed by atoms with Crippen molar-refractivity contribution in [1.82, 2.24) is 4.57 Å². The Morgan fingerprint density at radius 3 is 2.59 bits per heavy atom. The Hall–Kier alpha value is -4.49. The van der Waals surface area contributed by atoms with Gasteiger partial charge in [0, 0.05) is 17.5 Å². The number of carbonyl (C=O) groups is 2. The number of aromatic nitrogens is 1. The van der Waals surface area contributed by atoms with Crippen LogP contribution in [0, 0.1) is 12.7 Å². The lowest BCUT2D eigenvalue weighted by Gasteiger charge is -2.11. The number of carbonyl (C=O) groups excluding carboxylic acids is 2. The molecule has 0 saturated heterocycles. The van der Waals surface area contributed by atoms with Crippen LogP contribution in [0.1, 0.15) is 37.7 Å². The van der Waals surface area contributed by atoms with Crippen molar-refractivity contribution in [3.63, 3.8) is 0 Å². The number of nitrogens with one attached hydrogen (secondary N) is 1. The predicted octanol–water partition coefficient (Wildman–Crippen LogP) is 7.43. The Morgan fingerprint density at radius 2 is 1.78 bits per heavy atom. The summed E-state index contributed by atoms with van der Waals surface area (Å²) in [4.78, 5) is 27.1. The Labute approximate surface area is 215 Å². The van der Waals surface area contributed by atoms with Crippen LogP contribution in [0.25, 0.3) is 21.2 Å². The van der Waals surface area contributed by atoms with Crippen molar-refractivity contribution < 1.29 is 18.4 Å². The number of benzene rings is 3. The van der Waals surface area contributed by atoms with Crippen molar-refractivity contribution in [1.29, 1.82) is 0 Å². The molecule has 3 heterocycles. The van der Waals surface area contributed by atoms with Crippen molar-refractivity contribution in [3.05, 3.63) is 124 Å². The number of para-hydroxylation sites is 1. The molecule has 0 spiro atoms. The number of amides is 1. The van der Waals surface area contributed by atoms with Crippen molar-refractivity contribution in [2.75, 3.05) is 5.32 Å². The minimum Gasteiger partial charge on any atom is -0.450 e. The van der Waals surface area contributed by atoms with Gasteiger partial charge in [0.2, 0.25) is 5.78 Å². The molecule has 182 valence electrons. The summed E-state index contributed by atoms with van der Waals surface area (Å²) in [7, 11) is 0. The highest BCUT2D eigenvalue weighted by Gasteiger charge is 2.25. The van der Waals surface area contributed by atoms with Gasteiger partial charge in [0.15, 0.2) is 5.76 Å². The number of fused-ring (bicyclic) bond motifs is 2. The number of thiophene rings is 1. The van der Waals surface area contributed by atoms with Crippen molar-refractivity contribution in [2.24, 2.45) is 0 Å². The molecule has 3 aromatic heterocycles. The molecule has 0 bridgehead atoms. The van der Waals surface area contributed by atoms with E-state index in [4.69, 9.17) is 4.42 Å². The van der Waals surface area contributed by atoms with Crippen LogP contribution in [0.2, 0.25) is 0 Å². The van der Waals surface area contributed by atoms with E-state index >= 15 is 0 Å². The van der Waals surface area contributed by atoms with Gasteiger partial charge in [-0.1, -0.05) is 54.1 Å². The van der Waals surface area contributed by atoms with E-state index in [1.807, 2.05) is 65.4 Å².